The molecule has 1 aliphatic heterocycles. The van der Waals surface area contributed by atoms with E-state index in [9.17, 15) is 9.59 Å². The average molecular weight is 215 g/mol. The maximum atomic E-state index is 11.6. The second-order valence-electron chi connectivity index (χ2n) is 2.95. The highest BCUT2D eigenvalue weighted by molar-refractivity contribution is 8.05. The fourth-order valence-electron chi connectivity index (χ4n) is 1.13. The summed E-state index contributed by atoms with van der Waals surface area (Å²) in [4.78, 5) is 22.5. The van der Waals surface area contributed by atoms with Crippen LogP contribution in [0.1, 0.15) is 6.42 Å². The normalized spacial score (nSPS) is 24.9. The number of methoxy groups -OCH3 is 1. The van der Waals surface area contributed by atoms with Crippen LogP contribution in [0.4, 0.5) is 0 Å². The first-order valence-electron chi connectivity index (χ1n) is 4.31. The lowest BCUT2D eigenvalue weighted by molar-refractivity contribution is -0.127. The molecule has 0 bridgehead atoms. The highest BCUT2D eigenvalue weighted by atomic mass is 32.2. The molecule has 0 saturated heterocycles. The van der Waals surface area contributed by atoms with Crippen LogP contribution in [0.5, 0.6) is 0 Å². The van der Waals surface area contributed by atoms with Gasteiger partial charge in [0.25, 0.3) is 0 Å². The molecule has 0 spiro atoms. The van der Waals surface area contributed by atoms with Gasteiger partial charge in [-0.15, -0.1) is 11.8 Å². The van der Waals surface area contributed by atoms with Crippen LogP contribution in [-0.4, -0.2) is 37.2 Å². The number of nitrogens with one attached hydrogen (secondary N) is 1. The third-order valence-electron chi connectivity index (χ3n) is 1.96. The Hall–Kier alpha value is -0.810. The van der Waals surface area contributed by atoms with Crippen molar-refractivity contribution in [3.63, 3.8) is 0 Å². The summed E-state index contributed by atoms with van der Waals surface area (Å²) in [6.45, 7) is 0.893. The van der Waals surface area contributed by atoms with Crippen molar-refractivity contribution >= 4 is 24.0 Å². The number of carbonyl (C=O) groups excluding carboxylic acids is 2. The van der Waals surface area contributed by atoms with Gasteiger partial charge in [0.05, 0.1) is 6.61 Å². The second kappa shape index (κ2) is 5.17. The van der Waals surface area contributed by atoms with Gasteiger partial charge in [0.1, 0.15) is 6.29 Å². The molecular weight excluding hydrogens is 202 g/mol. The zero-order valence-corrected chi connectivity index (χ0v) is 8.80. The Morgan fingerprint density at radius 2 is 2.57 bits per heavy atom. The Morgan fingerprint density at radius 1 is 1.79 bits per heavy atom. The third-order valence-corrected chi connectivity index (χ3v) is 3.16. The minimum atomic E-state index is -0.937. The Morgan fingerprint density at radius 3 is 3.07 bits per heavy atom. The summed E-state index contributed by atoms with van der Waals surface area (Å²) in [5.74, 6) is -0.237. The molecule has 0 aromatic rings. The van der Waals surface area contributed by atoms with E-state index in [1.54, 1.807) is 12.5 Å². The van der Waals surface area contributed by atoms with Crippen LogP contribution in [0.15, 0.2) is 11.5 Å². The smallest absolute Gasteiger partial charge is 0.244 e. The standard InChI is InChI=1S/C9H13NO3S/c1-13-5-4-10-8(12)9(7-11)3-2-6-14-9/h2,6-7H,3-5H2,1H3,(H,10,12). The molecular formula is C9H13NO3S. The van der Waals surface area contributed by atoms with Crippen molar-refractivity contribution in [1.82, 2.24) is 5.32 Å². The Balaban J connectivity index is 2.45. The van der Waals surface area contributed by atoms with Gasteiger partial charge in [-0.05, 0) is 11.8 Å². The largest absolute Gasteiger partial charge is 0.383 e. The molecule has 0 radical (unpaired) electrons. The summed E-state index contributed by atoms with van der Waals surface area (Å²) in [6.07, 6.45) is 3.01. The third kappa shape index (κ3) is 2.36. The van der Waals surface area contributed by atoms with E-state index in [1.165, 1.54) is 11.8 Å². The molecule has 1 rings (SSSR count). The van der Waals surface area contributed by atoms with E-state index in [-0.39, 0.29) is 5.91 Å². The SMILES string of the molecule is COCCNC(=O)C1(C=O)CC=CS1. The lowest BCUT2D eigenvalue weighted by atomic mass is 10.1. The fraction of sp³-hybridized carbons (Fsp3) is 0.556. The molecule has 0 fully saturated rings. The van der Waals surface area contributed by atoms with Crippen LogP contribution in [0.2, 0.25) is 0 Å². The highest BCUT2D eigenvalue weighted by Crippen LogP contribution is 2.34. The topological polar surface area (TPSA) is 55.4 Å². The van der Waals surface area contributed by atoms with E-state index in [4.69, 9.17) is 4.74 Å². The van der Waals surface area contributed by atoms with Gasteiger partial charge in [0.2, 0.25) is 5.91 Å². The van der Waals surface area contributed by atoms with E-state index in [0.717, 1.165) is 0 Å². The minimum Gasteiger partial charge on any atom is -0.383 e. The maximum absolute atomic E-state index is 11.6. The molecule has 0 saturated carbocycles. The maximum Gasteiger partial charge on any atom is 0.244 e. The van der Waals surface area contributed by atoms with Crippen LogP contribution in [0.25, 0.3) is 0 Å². The zero-order chi connectivity index (χ0) is 10.4. The molecule has 1 unspecified atom stereocenters. The van der Waals surface area contributed by atoms with Crippen LogP contribution in [-0.2, 0) is 14.3 Å². The van der Waals surface area contributed by atoms with Crippen molar-refractivity contribution in [2.75, 3.05) is 20.3 Å². The number of hydrogen-bond donors (Lipinski definition) is 1. The second-order valence-corrected chi connectivity index (χ2v) is 4.19. The van der Waals surface area contributed by atoms with E-state index in [0.29, 0.717) is 25.9 Å². The van der Waals surface area contributed by atoms with Gasteiger partial charge in [-0.3, -0.25) is 4.79 Å². The summed E-state index contributed by atoms with van der Waals surface area (Å²) in [7, 11) is 1.56. The fourth-order valence-corrected chi connectivity index (χ4v) is 2.00. The molecule has 78 valence electrons. The number of thioether (sulfide) groups is 1. The summed E-state index contributed by atoms with van der Waals surface area (Å²) < 4.78 is 3.86. The van der Waals surface area contributed by atoms with Crippen LogP contribution < -0.4 is 5.32 Å². The molecule has 1 amide bonds. The van der Waals surface area contributed by atoms with E-state index in [2.05, 4.69) is 5.32 Å². The van der Waals surface area contributed by atoms with Crippen molar-refractivity contribution in [3.8, 4) is 0 Å². The Kier molecular flexibility index (Phi) is 4.16. The minimum absolute atomic E-state index is 0.237. The van der Waals surface area contributed by atoms with Gasteiger partial charge >= 0.3 is 0 Å². The average Bonchev–Trinajstić information content (AvgIpc) is 2.67. The highest BCUT2D eigenvalue weighted by Gasteiger charge is 2.39. The first-order chi connectivity index (χ1) is 6.75. The van der Waals surface area contributed by atoms with Gasteiger partial charge < -0.3 is 14.8 Å². The number of aldehydes is 1. The molecule has 14 heavy (non-hydrogen) atoms. The van der Waals surface area contributed by atoms with Gasteiger partial charge in [0.15, 0.2) is 4.75 Å². The van der Waals surface area contributed by atoms with Gasteiger partial charge in [0, 0.05) is 13.7 Å². The Labute approximate surface area is 87.1 Å². The molecule has 1 N–H and O–H groups in total. The van der Waals surface area contributed by atoms with Crippen molar-refractivity contribution in [2.45, 2.75) is 11.2 Å². The number of ether oxygens (including phenoxy) is 1. The van der Waals surface area contributed by atoms with Crippen molar-refractivity contribution in [2.24, 2.45) is 0 Å². The Bertz CT molecular complexity index is 244. The summed E-state index contributed by atoms with van der Waals surface area (Å²) in [6, 6.07) is 0. The number of carbonyl (C=O) groups is 2. The number of amides is 1. The number of hydrogen-bond acceptors (Lipinski definition) is 4. The predicted octanol–water partition coefficient (Wildman–Crippen LogP) is 0.337. The predicted molar refractivity (Wildman–Crippen MR) is 55.0 cm³/mol. The van der Waals surface area contributed by atoms with Crippen LogP contribution >= 0.6 is 11.8 Å². The molecule has 0 aromatic heterocycles. The molecule has 5 heteroatoms. The summed E-state index contributed by atoms with van der Waals surface area (Å²) in [5, 5.41) is 4.44. The summed E-state index contributed by atoms with van der Waals surface area (Å²) in [5.41, 5.74) is 0. The molecule has 4 nitrogen and oxygen atoms in total. The van der Waals surface area contributed by atoms with Gasteiger partial charge in [-0.1, -0.05) is 6.08 Å². The molecule has 0 aliphatic carbocycles. The van der Waals surface area contributed by atoms with Gasteiger partial charge in [-0.25, -0.2) is 0 Å². The van der Waals surface area contributed by atoms with E-state index < -0.39 is 4.75 Å². The van der Waals surface area contributed by atoms with Crippen LogP contribution in [0.3, 0.4) is 0 Å². The molecule has 1 aliphatic rings. The zero-order valence-electron chi connectivity index (χ0n) is 7.99. The van der Waals surface area contributed by atoms with Crippen molar-refractivity contribution in [3.05, 3.63) is 11.5 Å². The molecule has 1 heterocycles. The molecule has 1 atom stereocenters. The van der Waals surface area contributed by atoms with E-state index >= 15 is 0 Å². The monoisotopic (exact) mass is 215 g/mol. The first-order valence-corrected chi connectivity index (χ1v) is 5.19. The lowest BCUT2D eigenvalue weighted by Gasteiger charge is -2.19. The number of rotatable bonds is 5. The van der Waals surface area contributed by atoms with Gasteiger partial charge in [-0.2, -0.15) is 0 Å². The number of allylic oxidation sites excluding steroid dienone is 1. The van der Waals surface area contributed by atoms with Crippen molar-refractivity contribution in [1.29, 1.82) is 0 Å². The summed E-state index contributed by atoms with van der Waals surface area (Å²) >= 11 is 1.25. The van der Waals surface area contributed by atoms with E-state index in [1.807, 2.05) is 6.08 Å². The molecule has 0 aromatic carbocycles. The van der Waals surface area contributed by atoms with Crippen molar-refractivity contribution < 1.29 is 14.3 Å². The quantitative estimate of drug-likeness (QED) is 0.408. The first kappa shape index (κ1) is 11.3. The lowest BCUT2D eigenvalue weighted by Crippen LogP contribution is -2.45. The van der Waals surface area contributed by atoms with Crippen LogP contribution in [0, 0.1) is 0 Å².